The van der Waals surface area contributed by atoms with Crippen molar-refractivity contribution in [2.75, 3.05) is 27.2 Å². The summed E-state index contributed by atoms with van der Waals surface area (Å²) < 4.78 is 0. The Kier molecular flexibility index (Phi) is 6.33. The zero-order valence-corrected chi connectivity index (χ0v) is 6.83. The Morgan fingerprint density at radius 2 is 1.91 bits per heavy atom. The number of aliphatic hydroxyl groups excluding tert-OH is 2. The monoisotopic (exact) mass is 164 g/mol. The molecule has 0 saturated heterocycles. The first-order valence-electron chi connectivity index (χ1n) is 3.42. The average Bonchev–Trinajstić information content (AvgIpc) is 2.06. The molecule has 0 radical (unpaired) electrons. The van der Waals surface area contributed by atoms with Crippen LogP contribution in [0, 0.1) is 0 Å². The van der Waals surface area contributed by atoms with E-state index in [4.69, 9.17) is 10.2 Å². The fraction of sp³-hybridized carbons (Fsp3) is 1.00. The van der Waals surface area contributed by atoms with Crippen molar-refractivity contribution < 1.29 is 10.2 Å². The van der Waals surface area contributed by atoms with Crippen molar-refractivity contribution in [2.24, 2.45) is 0 Å². The van der Waals surface area contributed by atoms with Crippen molar-refractivity contribution in [3.05, 3.63) is 0 Å². The van der Waals surface area contributed by atoms with Gasteiger partial charge < -0.3 is 10.2 Å². The summed E-state index contributed by atoms with van der Waals surface area (Å²) in [6.07, 6.45) is -0.737. The molecule has 11 heavy (non-hydrogen) atoms. The lowest BCUT2D eigenvalue weighted by Crippen LogP contribution is -2.55. The highest BCUT2D eigenvalue weighted by molar-refractivity contribution is 4.52. The number of hydrogen-bond donors (Lipinski definition) is 5. The summed E-state index contributed by atoms with van der Waals surface area (Å²) in [5.74, 6) is 0. The van der Waals surface area contributed by atoms with Gasteiger partial charge in [0.25, 0.3) is 0 Å². The molecule has 1 unspecified atom stereocenters. The molecule has 0 bridgehead atoms. The number of aliphatic hydroxyl groups is 2. The molecule has 0 aliphatic carbocycles. The molecule has 0 heterocycles. The Morgan fingerprint density at radius 3 is 2.27 bits per heavy atom. The number of rotatable bonds is 6. The first-order chi connectivity index (χ1) is 5.24. The van der Waals surface area contributed by atoms with Crippen LogP contribution in [0.4, 0.5) is 0 Å². The van der Waals surface area contributed by atoms with Gasteiger partial charge in [0.05, 0.1) is 12.7 Å². The lowest BCUT2D eigenvalue weighted by Gasteiger charge is -2.21. The quantitative estimate of drug-likeness (QED) is 0.277. The van der Waals surface area contributed by atoms with Gasteiger partial charge in [-0.2, -0.15) is 0 Å². The average molecular weight is 164 g/mol. The zero-order chi connectivity index (χ0) is 8.69. The number of nitrogens with one attached hydrogen (secondary N) is 3. The van der Waals surface area contributed by atoms with E-state index in [2.05, 4.69) is 16.3 Å². The summed E-state index contributed by atoms with van der Waals surface area (Å²) in [5.41, 5.74) is 8.27. The normalized spacial score (nSPS) is 13.9. The topological polar surface area (TPSA) is 79.8 Å². The van der Waals surface area contributed by atoms with Crippen LogP contribution in [0.1, 0.15) is 0 Å². The SMILES string of the molecule is CNN(NC)NCC(O)CO. The maximum atomic E-state index is 8.90. The van der Waals surface area contributed by atoms with Crippen LogP contribution in [0.3, 0.4) is 0 Å². The van der Waals surface area contributed by atoms with Gasteiger partial charge in [-0.1, -0.05) is 0 Å². The van der Waals surface area contributed by atoms with Gasteiger partial charge in [0.2, 0.25) is 0 Å². The molecule has 0 amide bonds. The highest BCUT2D eigenvalue weighted by Crippen LogP contribution is 1.75. The van der Waals surface area contributed by atoms with Gasteiger partial charge in [0.1, 0.15) is 0 Å². The van der Waals surface area contributed by atoms with Crippen LogP contribution >= 0.6 is 0 Å². The lowest BCUT2D eigenvalue weighted by atomic mass is 10.4. The van der Waals surface area contributed by atoms with Gasteiger partial charge in [-0.3, -0.25) is 0 Å². The van der Waals surface area contributed by atoms with E-state index in [1.807, 2.05) is 0 Å². The van der Waals surface area contributed by atoms with Crippen molar-refractivity contribution in [2.45, 2.75) is 6.10 Å². The van der Waals surface area contributed by atoms with E-state index in [-0.39, 0.29) is 13.2 Å². The molecule has 6 heteroatoms. The maximum absolute atomic E-state index is 8.90. The largest absolute Gasteiger partial charge is 0.394 e. The second kappa shape index (κ2) is 6.47. The molecule has 0 aliphatic rings. The first-order valence-corrected chi connectivity index (χ1v) is 3.42. The second-order valence-electron chi connectivity index (χ2n) is 1.98. The van der Waals surface area contributed by atoms with Crippen LogP contribution < -0.4 is 16.3 Å². The number of hydrogen-bond acceptors (Lipinski definition) is 6. The molecule has 6 nitrogen and oxygen atoms in total. The summed E-state index contributed by atoms with van der Waals surface area (Å²) in [5, 5.41) is 18.8. The predicted molar refractivity (Wildman–Crippen MR) is 41.1 cm³/mol. The molecule has 0 aromatic rings. The Balaban J connectivity index is 3.34. The Hall–Kier alpha value is -0.240. The van der Waals surface area contributed by atoms with Crippen LogP contribution in [-0.4, -0.2) is 48.8 Å². The first kappa shape index (κ1) is 10.8. The smallest absolute Gasteiger partial charge is 0.0910 e. The van der Waals surface area contributed by atoms with Crippen molar-refractivity contribution in [3.8, 4) is 0 Å². The van der Waals surface area contributed by atoms with E-state index in [0.29, 0.717) is 0 Å². The lowest BCUT2D eigenvalue weighted by molar-refractivity contribution is 0.0268. The molecule has 0 fully saturated rings. The van der Waals surface area contributed by atoms with Crippen molar-refractivity contribution in [1.29, 1.82) is 0 Å². The van der Waals surface area contributed by atoms with Crippen LogP contribution in [0.15, 0.2) is 0 Å². The van der Waals surface area contributed by atoms with Crippen LogP contribution in [0.5, 0.6) is 0 Å². The molecule has 0 rings (SSSR count). The molecular formula is C5H16N4O2. The molecular weight excluding hydrogens is 148 g/mol. The van der Waals surface area contributed by atoms with Gasteiger partial charge in [0.15, 0.2) is 0 Å². The fourth-order valence-corrected chi connectivity index (χ4v) is 0.531. The number of hydrazine groups is 3. The minimum Gasteiger partial charge on any atom is -0.394 e. The van der Waals surface area contributed by atoms with Crippen LogP contribution in [0.2, 0.25) is 0 Å². The molecule has 0 spiro atoms. The third-order valence-electron chi connectivity index (χ3n) is 1.14. The minimum absolute atomic E-state index is 0.242. The number of nitrogens with zero attached hydrogens (tertiary/aromatic N) is 1. The summed E-state index contributed by atoms with van der Waals surface area (Å²) in [4.78, 5) is 0. The van der Waals surface area contributed by atoms with E-state index in [1.54, 1.807) is 14.1 Å². The van der Waals surface area contributed by atoms with Gasteiger partial charge in [-0.15, -0.1) is 5.23 Å². The Labute approximate surface area is 66.1 Å². The maximum Gasteiger partial charge on any atom is 0.0910 e. The van der Waals surface area contributed by atoms with E-state index < -0.39 is 6.10 Å². The third-order valence-corrected chi connectivity index (χ3v) is 1.14. The summed E-state index contributed by atoms with van der Waals surface area (Å²) in [6, 6.07) is 0. The molecule has 0 aromatic heterocycles. The van der Waals surface area contributed by atoms with E-state index in [1.165, 1.54) is 5.23 Å². The zero-order valence-electron chi connectivity index (χ0n) is 6.83. The molecule has 68 valence electrons. The highest BCUT2D eigenvalue weighted by Gasteiger charge is 2.02. The fourth-order valence-electron chi connectivity index (χ4n) is 0.531. The summed E-state index contributed by atoms with van der Waals surface area (Å²) >= 11 is 0. The highest BCUT2D eigenvalue weighted by atomic mass is 16.3. The predicted octanol–water partition coefficient (Wildman–Crippen LogP) is -2.58. The van der Waals surface area contributed by atoms with Gasteiger partial charge in [-0.05, 0) is 0 Å². The van der Waals surface area contributed by atoms with E-state index in [9.17, 15) is 0 Å². The van der Waals surface area contributed by atoms with Crippen molar-refractivity contribution >= 4 is 0 Å². The van der Waals surface area contributed by atoms with Crippen LogP contribution in [0.25, 0.3) is 0 Å². The Bertz CT molecular complexity index is 88.6. The van der Waals surface area contributed by atoms with Crippen molar-refractivity contribution in [1.82, 2.24) is 21.5 Å². The van der Waals surface area contributed by atoms with Crippen LogP contribution in [-0.2, 0) is 0 Å². The standard InChI is InChI=1S/C5H16N4O2/c1-6-9(7-2)8-3-5(11)4-10/h5-8,10-11H,3-4H2,1-2H3. The van der Waals surface area contributed by atoms with Crippen molar-refractivity contribution in [3.63, 3.8) is 0 Å². The Morgan fingerprint density at radius 1 is 1.36 bits per heavy atom. The van der Waals surface area contributed by atoms with E-state index >= 15 is 0 Å². The molecule has 0 saturated carbocycles. The molecule has 5 N–H and O–H groups in total. The third kappa shape index (κ3) is 5.08. The second-order valence-corrected chi connectivity index (χ2v) is 1.98. The van der Waals surface area contributed by atoms with Gasteiger partial charge in [-0.25, -0.2) is 16.3 Å². The molecule has 0 aliphatic heterocycles. The molecule has 0 aromatic carbocycles. The minimum atomic E-state index is -0.737. The summed E-state index contributed by atoms with van der Waals surface area (Å²) in [6.45, 7) is 0.0481. The molecule has 1 atom stereocenters. The summed E-state index contributed by atoms with van der Waals surface area (Å²) in [7, 11) is 3.43. The van der Waals surface area contributed by atoms with E-state index in [0.717, 1.165) is 0 Å². The van der Waals surface area contributed by atoms with Gasteiger partial charge in [0, 0.05) is 20.6 Å². The van der Waals surface area contributed by atoms with Gasteiger partial charge >= 0.3 is 0 Å².